The third-order valence-corrected chi connectivity index (χ3v) is 3.42. The van der Waals surface area contributed by atoms with Crippen molar-refractivity contribution in [1.29, 1.82) is 5.26 Å². The maximum atomic E-state index is 12.7. The summed E-state index contributed by atoms with van der Waals surface area (Å²) in [5, 5.41) is 11.8. The van der Waals surface area contributed by atoms with Gasteiger partial charge in [0.05, 0.1) is 36.3 Å². The van der Waals surface area contributed by atoms with Crippen LogP contribution in [0.2, 0.25) is 0 Å². The minimum Gasteiger partial charge on any atom is -0.465 e. The van der Waals surface area contributed by atoms with Crippen molar-refractivity contribution >= 4 is 11.7 Å². The number of alkyl halides is 3. The highest BCUT2D eigenvalue weighted by molar-refractivity contribution is 5.96. The summed E-state index contributed by atoms with van der Waals surface area (Å²) < 4.78 is 42.7. The van der Waals surface area contributed by atoms with Gasteiger partial charge in [-0.3, -0.25) is 0 Å². The van der Waals surface area contributed by atoms with E-state index in [0.29, 0.717) is 0 Å². The van der Waals surface area contributed by atoms with E-state index in [1.807, 2.05) is 6.07 Å². The molecule has 0 unspecified atom stereocenters. The molecule has 0 atom stereocenters. The Morgan fingerprint density at radius 2 is 2.14 bits per heavy atom. The molecule has 1 aromatic rings. The first-order valence-corrected chi connectivity index (χ1v) is 6.26. The molecule has 0 spiro atoms. The lowest BCUT2D eigenvalue weighted by molar-refractivity contribution is -0.137. The minimum absolute atomic E-state index is 0.184. The fourth-order valence-electron chi connectivity index (χ4n) is 2.04. The number of halogens is 3. The van der Waals surface area contributed by atoms with Gasteiger partial charge in [-0.05, 0) is 31.0 Å². The highest BCUT2D eigenvalue weighted by Gasteiger charge is 2.43. The van der Waals surface area contributed by atoms with Gasteiger partial charge in [-0.25, -0.2) is 4.79 Å². The number of nitriles is 1. The number of nitrogens with one attached hydrogen (secondary N) is 1. The van der Waals surface area contributed by atoms with E-state index in [-0.39, 0.29) is 17.7 Å². The fourth-order valence-corrected chi connectivity index (χ4v) is 2.04. The van der Waals surface area contributed by atoms with Crippen molar-refractivity contribution in [1.82, 2.24) is 0 Å². The first kappa shape index (κ1) is 15.2. The number of ether oxygens (including phenoxy) is 1. The van der Waals surface area contributed by atoms with E-state index in [4.69, 9.17) is 5.26 Å². The van der Waals surface area contributed by atoms with Crippen LogP contribution >= 0.6 is 0 Å². The summed E-state index contributed by atoms with van der Waals surface area (Å²) in [6.45, 7) is 0. The zero-order valence-corrected chi connectivity index (χ0v) is 11.3. The van der Waals surface area contributed by atoms with E-state index in [1.165, 1.54) is 6.07 Å². The molecular weight excluding hydrogens is 285 g/mol. The second-order valence-corrected chi connectivity index (χ2v) is 4.99. The maximum Gasteiger partial charge on any atom is 0.416 e. The Kier molecular flexibility index (Phi) is 3.81. The summed E-state index contributed by atoms with van der Waals surface area (Å²) in [5.74, 6) is -0.851. The van der Waals surface area contributed by atoms with Gasteiger partial charge in [-0.2, -0.15) is 18.4 Å². The van der Waals surface area contributed by atoms with Gasteiger partial charge in [-0.1, -0.05) is 0 Å². The number of carbonyl (C=O) groups is 1. The van der Waals surface area contributed by atoms with Crippen LogP contribution in [0.5, 0.6) is 0 Å². The first-order chi connectivity index (χ1) is 9.81. The van der Waals surface area contributed by atoms with Gasteiger partial charge in [0, 0.05) is 5.69 Å². The average Bonchev–Trinajstić information content (AvgIpc) is 3.17. The summed E-state index contributed by atoms with van der Waals surface area (Å²) in [6.07, 6.45) is -2.83. The van der Waals surface area contributed by atoms with Gasteiger partial charge < -0.3 is 10.1 Å². The molecule has 0 bridgehead atoms. The Balaban J connectivity index is 2.37. The van der Waals surface area contributed by atoms with Crippen LogP contribution in [0.1, 0.15) is 35.2 Å². The lowest BCUT2D eigenvalue weighted by Gasteiger charge is -2.19. The molecule has 1 aliphatic rings. The highest BCUT2D eigenvalue weighted by Crippen LogP contribution is 2.43. The molecule has 0 heterocycles. The van der Waals surface area contributed by atoms with Gasteiger partial charge in [0.2, 0.25) is 0 Å². The monoisotopic (exact) mass is 298 g/mol. The zero-order chi connectivity index (χ0) is 15.7. The van der Waals surface area contributed by atoms with E-state index >= 15 is 0 Å². The van der Waals surface area contributed by atoms with Crippen molar-refractivity contribution in [2.75, 3.05) is 12.4 Å². The SMILES string of the molecule is COC(=O)c1cc(C(F)(F)F)ccc1NC1(CC#N)CC1. The van der Waals surface area contributed by atoms with Gasteiger partial charge >= 0.3 is 12.1 Å². The fraction of sp³-hybridized carbons (Fsp3) is 0.429. The van der Waals surface area contributed by atoms with Crippen LogP contribution in [0.3, 0.4) is 0 Å². The molecule has 0 radical (unpaired) electrons. The Morgan fingerprint density at radius 3 is 2.62 bits per heavy atom. The number of hydrogen-bond donors (Lipinski definition) is 1. The molecule has 7 heteroatoms. The standard InChI is InChI=1S/C14H13F3N2O2/c1-21-12(20)10-8-9(14(15,16)17)2-3-11(10)19-13(4-5-13)6-7-18/h2-3,8,19H,4-6H2,1H3. The Morgan fingerprint density at radius 1 is 1.48 bits per heavy atom. The second-order valence-electron chi connectivity index (χ2n) is 4.99. The van der Waals surface area contributed by atoms with Crippen molar-refractivity contribution < 1.29 is 22.7 Å². The van der Waals surface area contributed by atoms with E-state index in [1.54, 1.807) is 0 Å². The first-order valence-electron chi connectivity index (χ1n) is 6.26. The summed E-state index contributed by atoms with van der Waals surface area (Å²) in [5.41, 5.74) is -1.30. The Bertz CT molecular complexity index is 601. The molecule has 1 saturated carbocycles. The van der Waals surface area contributed by atoms with Gasteiger partial charge in [0.1, 0.15) is 0 Å². The van der Waals surface area contributed by atoms with E-state index < -0.39 is 23.2 Å². The number of rotatable bonds is 4. The topological polar surface area (TPSA) is 62.1 Å². The van der Waals surface area contributed by atoms with Gasteiger partial charge in [0.25, 0.3) is 0 Å². The molecule has 1 fully saturated rings. The predicted octanol–water partition coefficient (Wildman–Crippen LogP) is 3.35. The lowest BCUT2D eigenvalue weighted by Crippen LogP contribution is -2.22. The number of nitrogens with zero attached hydrogens (tertiary/aromatic N) is 1. The van der Waals surface area contributed by atoms with Crippen LogP contribution in [0, 0.1) is 11.3 Å². The van der Waals surface area contributed by atoms with Crippen molar-refractivity contribution in [2.24, 2.45) is 0 Å². The molecule has 21 heavy (non-hydrogen) atoms. The number of anilines is 1. The summed E-state index contributed by atoms with van der Waals surface area (Å²) >= 11 is 0. The van der Waals surface area contributed by atoms with Crippen molar-refractivity contribution in [3.63, 3.8) is 0 Å². The number of esters is 1. The van der Waals surface area contributed by atoms with Crippen LogP contribution in [-0.4, -0.2) is 18.6 Å². The molecule has 4 nitrogen and oxygen atoms in total. The summed E-state index contributed by atoms with van der Waals surface area (Å²) in [6, 6.07) is 4.89. The molecule has 0 aliphatic heterocycles. The van der Waals surface area contributed by atoms with Crippen LogP contribution in [-0.2, 0) is 10.9 Å². The van der Waals surface area contributed by atoms with Crippen molar-refractivity contribution in [3.8, 4) is 6.07 Å². The normalized spacial score (nSPS) is 16.0. The van der Waals surface area contributed by atoms with Crippen LogP contribution in [0.4, 0.5) is 18.9 Å². The molecule has 1 N–H and O–H groups in total. The lowest BCUT2D eigenvalue weighted by atomic mass is 10.1. The molecule has 0 amide bonds. The van der Waals surface area contributed by atoms with Crippen LogP contribution in [0.15, 0.2) is 18.2 Å². The molecule has 1 aliphatic carbocycles. The molecule has 1 aromatic carbocycles. The summed E-state index contributed by atoms with van der Waals surface area (Å²) in [7, 11) is 1.11. The zero-order valence-electron chi connectivity index (χ0n) is 11.3. The molecular formula is C14H13F3N2O2. The number of hydrogen-bond acceptors (Lipinski definition) is 4. The van der Waals surface area contributed by atoms with Gasteiger partial charge in [-0.15, -0.1) is 0 Å². The highest BCUT2D eigenvalue weighted by atomic mass is 19.4. The Labute approximate surface area is 119 Å². The third kappa shape index (κ3) is 3.27. The number of benzene rings is 1. The smallest absolute Gasteiger partial charge is 0.416 e. The van der Waals surface area contributed by atoms with Crippen LogP contribution < -0.4 is 5.32 Å². The molecule has 2 rings (SSSR count). The van der Waals surface area contributed by atoms with E-state index in [0.717, 1.165) is 32.1 Å². The number of carbonyl (C=O) groups excluding carboxylic acids is 1. The van der Waals surface area contributed by atoms with Crippen molar-refractivity contribution in [2.45, 2.75) is 31.0 Å². The molecule has 112 valence electrons. The van der Waals surface area contributed by atoms with Crippen molar-refractivity contribution in [3.05, 3.63) is 29.3 Å². The summed E-state index contributed by atoms with van der Waals surface area (Å²) in [4.78, 5) is 11.7. The average molecular weight is 298 g/mol. The largest absolute Gasteiger partial charge is 0.465 e. The maximum absolute atomic E-state index is 12.7. The van der Waals surface area contributed by atoms with Crippen LogP contribution in [0.25, 0.3) is 0 Å². The Hall–Kier alpha value is -2.23. The third-order valence-electron chi connectivity index (χ3n) is 3.42. The predicted molar refractivity (Wildman–Crippen MR) is 68.6 cm³/mol. The minimum atomic E-state index is -4.54. The van der Waals surface area contributed by atoms with Gasteiger partial charge in [0.15, 0.2) is 0 Å². The van der Waals surface area contributed by atoms with E-state index in [9.17, 15) is 18.0 Å². The van der Waals surface area contributed by atoms with E-state index in [2.05, 4.69) is 10.1 Å². The quantitative estimate of drug-likeness (QED) is 0.866. The molecule has 0 saturated heterocycles. The molecule has 0 aromatic heterocycles. The number of methoxy groups -OCH3 is 1. The second kappa shape index (κ2) is 5.28.